The maximum Gasteiger partial charge on any atom is 0.255 e. The highest BCUT2D eigenvalue weighted by Gasteiger charge is 2.06. The molecule has 0 saturated heterocycles. The minimum atomic E-state index is 0.539. The van der Waals surface area contributed by atoms with E-state index in [2.05, 4.69) is 17.2 Å². The normalized spacial score (nSPS) is 13.2. The second-order valence-corrected chi connectivity index (χ2v) is 3.93. The Morgan fingerprint density at radius 2 is 2.46 bits per heavy atom. The second-order valence-electron chi connectivity index (χ2n) is 2.96. The van der Waals surface area contributed by atoms with E-state index in [0.717, 1.165) is 23.1 Å². The van der Waals surface area contributed by atoms with Crippen LogP contribution in [0.5, 0.6) is 0 Å². The zero-order chi connectivity index (χ0) is 9.68. The number of hydrogen-bond acceptors (Lipinski definition) is 4. The van der Waals surface area contributed by atoms with E-state index in [-0.39, 0.29) is 0 Å². The minimum Gasteiger partial charge on any atom is -0.440 e. The Hall–Kier alpha value is -0.480. The third-order valence-corrected chi connectivity index (χ3v) is 2.91. The van der Waals surface area contributed by atoms with Gasteiger partial charge in [-0.1, -0.05) is 18.7 Å². The van der Waals surface area contributed by atoms with Crippen molar-refractivity contribution in [3.05, 3.63) is 12.0 Å². The van der Waals surface area contributed by atoms with E-state index in [4.69, 9.17) is 4.42 Å². The monoisotopic (exact) mass is 200 g/mol. The highest BCUT2D eigenvalue weighted by atomic mass is 32.2. The summed E-state index contributed by atoms with van der Waals surface area (Å²) in [6.07, 6.45) is 2.81. The highest BCUT2D eigenvalue weighted by molar-refractivity contribution is 7.99. The van der Waals surface area contributed by atoms with Crippen molar-refractivity contribution in [2.24, 2.45) is 0 Å². The molecule has 0 fully saturated rings. The van der Waals surface area contributed by atoms with Crippen LogP contribution in [0.3, 0.4) is 0 Å². The van der Waals surface area contributed by atoms with E-state index in [1.807, 2.05) is 14.0 Å². The summed E-state index contributed by atoms with van der Waals surface area (Å²) in [5, 5.41) is 4.01. The Morgan fingerprint density at radius 1 is 1.69 bits per heavy atom. The Kier molecular flexibility index (Phi) is 4.32. The lowest BCUT2D eigenvalue weighted by Crippen LogP contribution is -2.26. The molecule has 0 saturated carbocycles. The molecule has 3 nitrogen and oxygen atoms in total. The van der Waals surface area contributed by atoms with Gasteiger partial charge in [0.25, 0.3) is 5.22 Å². The standard InChI is InChI=1S/C9H16N2OS/c1-4-8(10-3)6-13-9-11-7(2)5-12-9/h5,8,10H,4,6H2,1-3H3. The van der Waals surface area contributed by atoms with Crippen molar-refractivity contribution in [2.45, 2.75) is 31.5 Å². The van der Waals surface area contributed by atoms with Crippen LogP contribution >= 0.6 is 11.8 Å². The molecule has 0 spiro atoms. The summed E-state index contributed by atoms with van der Waals surface area (Å²) in [4.78, 5) is 4.22. The van der Waals surface area contributed by atoms with Crippen LogP contribution in [0, 0.1) is 6.92 Å². The van der Waals surface area contributed by atoms with Crippen molar-refractivity contribution in [3.63, 3.8) is 0 Å². The summed E-state index contributed by atoms with van der Waals surface area (Å²) in [7, 11) is 1.98. The molecule has 13 heavy (non-hydrogen) atoms. The number of nitrogens with one attached hydrogen (secondary N) is 1. The van der Waals surface area contributed by atoms with Gasteiger partial charge in [-0.05, 0) is 20.4 Å². The Morgan fingerprint density at radius 3 is 2.92 bits per heavy atom. The number of thioether (sulfide) groups is 1. The van der Waals surface area contributed by atoms with Crippen LogP contribution in [0.15, 0.2) is 15.9 Å². The zero-order valence-electron chi connectivity index (χ0n) is 8.33. The molecule has 0 aliphatic carbocycles. The van der Waals surface area contributed by atoms with Crippen molar-refractivity contribution >= 4 is 11.8 Å². The molecule has 1 atom stereocenters. The van der Waals surface area contributed by atoms with Gasteiger partial charge in [0.1, 0.15) is 6.26 Å². The van der Waals surface area contributed by atoms with Gasteiger partial charge in [0.05, 0.1) is 5.69 Å². The first-order valence-corrected chi connectivity index (χ1v) is 5.47. The molecule has 1 rings (SSSR count). The van der Waals surface area contributed by atoms with E-state index in [9.17, 15) is 0 Å². The van der Waals surface area contributed by atoms with Crippen LogP contribution in [0.4, 0.5) is 0 Å². The lowest BCUT2D eigenvalue weighted by Gasteiger charge is -2.10. The van der Waals surface area contributed by atoms with Crippen molar-refractivity contribution in [2.75, 3.05) is 12.8 Å². The van der Waals surface area contributed by atoms with Gasteiger partial charge in [-0.25, -0.2) is 4.98 Å². The SMILES string of the molecule is CCC(CSc1nc(C)co1)NC. The molecule has 0 aliphatic rings. The van der Waals surface area contributed by atoms with Crippen molar-refractivity contribution in [1.82, 2.24) is 10.3 Å². The van der Waals surface area contributed by atoms with E-state index in [1.54, 1.807) is 18.0 Å². The van der Waals surface area contributed by atoms with Crippen LogP contribution in [0.25, 0.3) is 0 Å². The second kappa shape index (κ2) is 5.29. The average Bonchev–Trinajstić information content (AvgIpc) is 2.53. The molecule has 74 valence electrons. The summed E-state index contributed by atoms with van der Waals surface area (Å²) in [6.45, 7) is 4.10. The number of rotatable bonds is 5. The molecule has 0 aromatic carbocycles. The van der Waals surface area contributed by atoms with E-state index >= 15 is 0 Å². The van der Waals surface area contributed by atoms with Crippen molar-refractivity contribution in [3.8, 4) is 0 Å². The molecule has 0 bridgehead atoms. The molecule has 1 aromatic heterocycles. The summed E-state index contributed by atoms with van der Waals surface area (Å²) >= 11 is 1.66. The first-order valence-electron chi connectivity index (χ1n) is 4.48. The zero-order valence-corrected chi connectivity index (χ0v) is 9.15. The first kappa shape index (κ1) is 10.6. The quantitative estimate of drug-likeness (QED) is 0.738. The molecular weight excluding hydrogens is 184 g/mol. The molecule has 1 N–H and O–H groups in total. The van der Waals surface area contributed by atoms with Crippen LogP contribution in [-0.4, -0.2) is 23.8 Å². The lowest BCUT2D eigenvalue weighted by molar-refractivity contribution is 0.453. The maximum absolute atomic E-state index is 5.23. The van der Waals surface area contributed by atoms with Gasteiger partial charge in [-0.3, -0.25) is 0 Å². The third-order valence-electron chi connectivity index (χ3n) is 1.91. The van der Waals surface area contributed by atoms with Crippen LogP contribution in [0.2, 0.25) is 0 Å². The van der Waals surface area contributed by atoms with Gasteiger partial charge in [0.15, 0.2) is 0 Å². The van der Waals surface area contributed by atoms with Crippen LogP contribution in [0.1, 0.15) is 19.0 Å². The number of hydrogen-bond donors (Lipinski definition) is 1. The van der Waals surface area contributed by atoms with E-state index < -0.39 is 0 Å². The maximum atomic E-state index is 5.23. The predicted octanol–water partition coefficient (Wildman–Crippen LogP) is 2.07. The molecule has 1 heterocycles. The Labute approximate surface area is 83.3 Å². The molecule has 1 unspecified atom stereocenters. The van der Waals surface area contributed by atoms with Gasteiger partial charge < -0.3 is 9.73 Å². The fraction of sp³-hybridized carbons (Fsp3) is 0.667. The van der Waals surface area contributed by atoms with Crippen molar-refractivity contribution < 1.29 is 4.42 Å². The average molecular weight is 200 g/mol. The van der Waals surface area contributed by atoms with Crippen molar-refractivity contribution in [1.29, 1.82) is 0 Å². The van der Waals surface area contributed by atoms with Gasteiger partial charge in [-0.15, -0.1) is 0 Å². The number of oxazole rings is 1. The summed E-state index contributed by atoms with van der Waals surface area (Å²) in [5.74, 6) is 1.01. The molecule has 0 radical (unpaired) electrons. The largest absolute Gasteiger partial charge is 0.440 e. The summed E-state index contributed by atoms with van der Waals surface area (Å²) in [6, 6.07) is 0.539. The Balaban J connectivity index is 2.33. The predicted molar refractivity (Wildman–Crippen MR) is 55.1 cm³/mol. The highest BCUT2D eigenvalue weighted by Crippen LogP contribution is 2.18. The Bertz CT molecular complexity index is 246. The fourth-order valence-electron chi connectivity index (χ4n) is 0.976. The molecule has 0 aliphatic heterocycles. The fourth-order valence-corrected chi connectivity index (χ4v) is 2.05. The van der Waals surface area contributed by atoms with Gasteiger partial charge in [0.2, 0.25) is 0 Å². The molecule has 4 heteroatoms. The van der Waals surface area contributed by atoms with E-state index in [1.165, 1.54) is 0 Å². The third kappa shape index (κ3) is 3.40. The van der Waals surface area contributed by atoms with Crippen LogP contribution < -0.4 is 5.32 Å². The van der Waals surface area contributed by atoms with Gasteiger partial charge in [-0.2, -0.15) is 0 Å². The summed E-state index contributed by atoms with van der Waals surface area (Å²) < 4.78 is 5.23. The number of aryl methyl sites for hydroxylation is 1. The summed E-state index contributed by atoms with van der Waals surface area (Å²) in [5.41, 5.74) is 0.944. The van der Waals surface area contributed by atoms with Gasteiger partial charge >= 0.3 is 0 Å². The van der Waals surface area contributed by atoms with Crippen LogP contribution in [-0.2, 0) is 0 Å². The smallest absolute Gasteiger partial charge is 0.255 e. The van der Waals surface area contributed by atoms with E-state index in [0.29, 0.717) is 6.04 Å². The first-order chi connectivity index (χ1) is 6.26. The number of aromatic nitrogens is 1. The lowest BCUT2D eigenvalue weighted by atomic mass is 10.3. The molecular formula is C9H16N2OS. The number of nitrogens with zero attached hydrogens (tertiary/aromatic N) is 1. The minimum absolute atomic E-state index is 0.539. The molecule has 0 amide bonds. The topological polar surface area (TPSA) is 38.1 Å². The molecule has 1 aromatic rings. The van der Waals surface area contributed by atoms with Gasteiger partial charge in [0, 0.05) is 11.8 Å².